The van der Waals surface area contributed by atoms with E-state index in [1.807, 2.05) is 13.0 Å². The summed E-state index contributed by atoms with van der Waals surface area (Å²) >= 11 is 0. The Balaban J connectivity index is 1.39. The van der Waals surface area contributed by atoms with Gasteiger partial charge < -0.3 is 24.6 Å². The van der Waals surface area contributed by atoms with Crippen molar-refractivity contribution in [3.05, 3.63) is 124 Å². The number of likely N-dealkylation sites (N-methyl/N-ethyl adjacent to an activating group) is 1. The van der Waals surface area contributed by atoms with E-state index in [9.17, 15) is 28.4 Å². The van der Waals surface area contributed by atoms with Crippen LogP contribution in [0.3, 0.4) is 0 Å². The monoisotopic (exact) mass is 707 g/mol. The highest BCUT2D eigenvalue weighted by Crippen LogP contribution is 2.40. The lowest BCUT2D eigenvalue weighted by Gasteiger charge is -2.33. The molecular formula is C41H42FN3O7. The molecular weight excluding hydrogens is 665 g/mol. The lowest BCUT2D eigenvalue weighted by atomic mass is 9.90. The van der Waals surface area contributed by atoms with Crippen molar-refractivity contribution in [1.29, 1.82) is 0 Å². The molecule has 52 heavy (non-hydrogen) atoms. The Morgan fingerprint density at radius 3 is 2.25 bits per heavy atom. The predicted octanol–water partition coefficient (Wildman–Crippen LogP) is 6.45. The second kappa shape index (κ2) is 14.8. The van der Waals surface area contributed by atoms with E-state index in [1.54, 1.807) is 93.8 Å². The highest BCUT2D eigenvalue weighted by Gasteiger charge is 2.55. The summed E-state index contributed by atoms with van der Waals surface area (Å²) in [6.45, 7) is 6.07. The minimum atomic E-state index is -1.67. The zero-order valence-corrected chi connectivity index (χ0v) is 30.3. The summed E-state index contributed by atoms with van der Waals surface area (Å²) in [6.07, 6.45) is -0.270. The third kappa shape index (κ3) is 7.16. The second-order valence-electron chi connectivity index (χ2n) is 13.4. The summed E-state index contributed by atoms with van der Waals surface area (Å²) in [5.41, 5.74) is 1.40. The third-order valence-corrected chi connectivity index (χ3v) is 9.23. The summed E-state index contributed by atoms with van der Waals surface area (Å²) in [7, 11) is 4.60. The number of esters is 2. The number of fused-ring (bicyclic) bond motifs is 1. The van der Waals surface area contributed by atoms with Crippen molar-refractivity contribution in [2.45, 2.75) is 45.3 Å². The van der Waals surface area contributed by atoms with Crippen LogP contribution in [0.2, 0.25) is 0 Å². The highest BCUT2D eigenvalue weighted by molar-refractivity contribution is 6.12. The number of ether oxygens (including phenoxy) is 2. The first kappa shape index (κ1) is 37.4. The first-order valence-electron chi connectivity index (χ1n) is 16.9. The smallest absolute Gasteiger partial charge is 0.340 e. The number of amides is 3. The number of carbonyl (C=O) groups excluding carboxylic acids is 5. The normalized spacial score (nSPS) is 15.2. The number of hydrogen-bond acceptors (Lipinski definition) is 7. The van der Waals surface area contributed by atoms with E-state index in [0.29, 0.717) is 33.4 Å². The zero-order chi connectivity index (χ0) is 38.0. The summed E-state index contributed by atoms with van der Waals surface area (Å²) < 4.78 is 25.5. The zero-order valence-electron chi connectivity index (χ0n) is 30.3. The molecule has 0 spiro atoms. The van der Waals surface area contributed by atoms with Gasteiger partial charge in [0, 0.05) is 37.8 Å². The number of hydrogen-bond donors (Lipinski definition) is 1. The van der Waals surface area contributed by atoms with E-state index < -0.39 is 47.5 Å². The molecule has 4 aromatic rings. The largest absolute Gasteiger partial charge is 0.464 e. The Kier molecular flexibility index (Phi) is 10.6. The van der Waals surface area contributed by atoms with Gasteiger partial charge in [0.05, 0.1) is 24.3 Å². The first-order chi connectivity index (χ1) is 24.6. The minimum Gasteiger partial charge on any atom is -0.464 e. The standard InChI is InChI=1S/C41H42FN3O7/c1-8-51-39(50)41(32-15-10-9-13-29(32)38(49)45(41)7)24-52-34(46)23-26-16-21-33(31(22-26)37(48)44(5)6)43-36(47)30-14-11-12-25(2)35(30)27-17-19-28(20-18-27)40(3,4)42/h9-22H,8,23-24H2,1-7H3,(H,43,47). The van der Waals surface area contributed by atoms with Gasteiger partial charge in [-0.2, -0.15) is 0 Å². The van der Waals surface area contributed by atoms with E-state index >= 15 is 0 Å². The van der Waals surface area contributed by atoms with Gasteiger partial charge in [-0.05, 0) is 79.8 Å². The number of aryl methyl sites for hydroxylation is 1. The van der Waals surface area contributed by atoms with Gasteiger partial charge in [0.2, 0.25) is 5.54 Å². The van der Waals surface area contributed by atoms with Crippen LogP contribution in [-0.4, -0.2) is 73.8 Å². The molecule has 1 aliphatic heterocycles. The summed E-state index contributed by atoms with van der Waals surface area (Å²) in [5, 5.41) is 2.87. The molecule has 3 amide bonds. The number of benzene rings is 4. The molecule has 4 aromatic carbocycles. The fourth-order valence-corrected chi connectivity index (χ4v) is 6.39. The first-order valence-corrected chi connectivity index (χ1v) is 16.9. The molecule has 1 atom stereocenters. The van der Waals surface area contributed by atoms with Crippen molar-refractivity contribution in [3.63, 3.8) is 0 Å². The van der Waals surface area contributed by atoms with Crippen molar-refractivity contribution in [2.24, 2.45) is 0 Å². The molecule has 11 heteroatoms. The average molecular weight is 708 g/mol. The molecule has 1 aliphatic rings. The van der Waals surface area contributed by atoms with Gasteiger partial charge in [-0.1, -0.05) is 60.7 Å². The van der Waals surface area contributed by atoms with Crippen LogP contribution in [0, 0.1) is 6.92 Å². The van der Waals surface area contributed by atoms with E-state index in [2.05, 4.69) is 5.32 Å². The second-order valence-corrected chi connectivity index (χ2v) is 13.4. The van der Waals surface area contributed by atoms with Crippen LogP contribution >= 0.6 is 0 Å². The highest BCUT2D eigenvalue weighted by atomic mass is 19.1. The quantitative estimate of drug-likeness (QED) is 0.178. The van der Waals surface area contributed by atoms with Crippen LogP contribution in [0.15, 0.2) is 84.9 Å². The van der Waals surface area contributed by atoms with E-state index in [0.717, 1.165) is 11.1 Å². The van der Waals surface area contributed by atoms with E-state index in [4.69, 9.17) is 9.47 Å². The molecule has 270 valence electrons. The average Bonchev–Trinajstić information content (AvgIpc) is 3.33. The predicted molar refractivity (Wildman–Crippen MR) is 195 cm³/mol. The molecule has 0 aromatic heterocycles. The molecule has 1 heterocycles. The van der Waals surface area contributed by atoms with Gasteiger partial charge in [0.15, 0.2) is 0 Å². The Morgan fingerprint density at radius 1 is 0.904 bits per heavy atom. The maximum Gasteiger partial charge on any atom is 0.340 e. The molecule has 0 radical (unpaired) electrons. The molecule has 1 N–H and O–H groups in total. The number of carbonyl (C=O) groups is 5. The summed E-state index contributed by atoms with van der Waals surface area (Å²) in [4.78, 5) is 69.5. The fourth-order valence-electron chi connectivity index (χ4n) is 6.39. The van der Waals surface area contributed by atoms with Gasteiger partial charge in [0.1, 0.15) is 12.3 Å². The molecule has 0 fully saturated rings. The number of rotatable bonds is 11. The summed E-state index contributed by atoms with van der Waals surface area (Å²) in [6, 6.07) is 23.5. The molecule has 0 aliphatic carbocycles. The summed E-state index contributed by atoms with van der Waals surface area (Å²) in [5.74, 6) is -2.71. The SMILES string of the molecule is CCOC(=O)C1(COC(=O)Cc2ccc(NC(=O)c3cccc(C)c3-c3ccc(C(C)(C)F)cc3)c(C(=O)N(C)C)c2)c2ccccc2C(=O)N1C. The number of nitrogens with zero attached hydrogens (tertiary/aromatic N) is 2. The minimum absolute atomic E-state index is 0.0571. The van der Waals surface area contributed by atoms with Crippen LogP contribution < -0.4 is 5.32 Å². The lowest BCUT2D eigenvalue weighted by molar-refractivity contribution is -0.163. The Labute approximate surface area is 302 Å². The molecule has 0 bridgehead atoms. The van der Waals surface area contributed by atoms with Crippen LogP contribution in [0.25, 0.3) is 11.1 Å². The maximum absolute atomic E-state index is 14.5. The van der Waals surface area contributed by atoms with E-state index in [-0.39, 0.29) is 24.3 Å². The number of anilines is 1. The van der Waals surface area contributed by atoms with Crippen molar-refractivity contribution in [1.82, 2.24) is 9.80 Å². The maximum atomic E-state index is 14.5. The van der Waals surface area contributed by atoms with Crippen molar-refractivity contribution >= 4 is 35.3 Å². The number of halogens is 1. The Hall–Kier alpha value is -5.84. The van der Waals surface area contributed by atoms with Crippen molar-refractivity contribution in [3.8, 4) is 11.1 Å². The Bertz CT molecular complexity index is 2050. The fraction of sp³-hybridized carbons (Fsp3) is 0.293. The molecule has 0 saturated heterocycles. The van der Waals surface area contributed by atoms with Gasteiger partial charge in [-0.3, -0.25) is 19.2 Å². The molecule has 1 unspecified atom stereocenters. The van der Waals surface area contributed by atoms with Crippen LogP contribution in [0.4, 0.5) is 10.1 Å². The van der Waals surface area contributed by atoms with Gasteiger partial charge in [-0.15, -0.1) is 0 Å². The molecule has 5 rings (SSSR count). The van der Waals surface area contributed by atoms with Crippen LogP contribution in [-0.2, 0) is 36.7 Å². The molecule has 10 nitrogen and oxygen atoms in total. The lowest BCUT2D eigenvalue weighted by Crippen LogP contribution is -2.52. The van der Waals surface area contributed by atoms with Gasteiger partial charge in [-0.25, -0.2) is 9.18 Å². The van der Waals surface area contributed by atoms with Gasteiger partial charge in [0.25, 0.3) is 17.7 Å². The van der Waals surface area contributed by atoms with Crippen molar-refractivity contribution < 1.29 is 37.8 Å². The topological polar surface area (TPSA) is 122 Å². The Morgan fingerprint density at radius 2 is 1.60 bits per heavy atom. The molecule has 0 saturated carbocycles. The van der Waals surface area contributed by atoms with E-state index in [1.165, 1.54) is 36.8 Å². The van der Waals surface area contributed by atoms with Crippen LogP contribution in [0.5, 0.6) is 0 Å². The third-order valence-electron chi connectivity index (χ3n) is 9.23. The van der Waals surface area contributed by atoms with Crippen molar-refractivity contribution in [2.75, 3.05) is 39.7 Å². The number of nitrogens with one attached hydrogen (secondary N) is 1. The van der Waals surface area contributed by atoms with Crippen LogP contribution in [0.1, 0.15) is 74.1 Å². The number of alkyl halides is 1. The van der Waals surface area contributed by atoms with Gasteiger partial charge >= 0.3 is 11.9 Å².